The molecule has 1 saturated carbocycles. The van der Waals surface area contributed by atoms with E-state index in [-0.39, 0.29) is 33.6 Å². The molecule has 7 nitrogen and oxygen atoms in total. The van der Waals surface area contributed by atoms with Crippen LogP contribution in [0.25, 0.3) is 0 Å². The van der Waals surface area contributed by atoms with Crippen LogP contribution in [0.15, 0.2) is 0 Å². The topological polar surface area (TPSA) is 136 Å². The summed E-state index contributed by atoms with van der Waals surface area (Å²) in [7, 11) is 0. The molecule has 1 atom stereocenters. The second kappa shape index (κ2) is 73.3. The summed E-state index contributed by atoms with van der Waals surface area (Å²) in [5, 5.41) is 0. The molecule has 0 heterocycles. The van der Waals surface area contributed by atoms with E-state index < -0.39 is 0 Å². The van der Waals surface area contributed by atoms with Crippen LogP contribution in [0, 0.1) is 45.8 Å². The molecule has 0 aromatic heterocycles. The number of hydrogen-bond acceptors (Lipinski definition) is 1. The molecule has 1 unspecified atom stereocenters. The largest absolute Gasteiger partial charge is 0 e. The summed E-state index contributed by atoms with van der Waals surface area (Å²) < 4.78 is 45.0. The quantitative estimate of drug-likeness (QED) is 0.341. The number of unbranched alkanes of at least 4 members (excludes halogenated alkanes) is 3. The Bertz CT molecular complexity index is 325. The molecule has 0 aromatic rings. The zero-order chi connectivity index (χ0) is 21.5. The van der Waals surface area contributed by atoms with Gasteiger partial charge in [-0.1, -0.05) is 39.0 Å². The molecule has 1 aliphatic rings. The van der Waals surface area contributed by atoms with Crippen molar-refractivity contribution in [1.82, 2.24) is 0 Å². The van der Waals surface area contributed by atoms with E-state index in [1.807, 2.05) is 0 Å². The van der Waals surface area contributed by atoms with Crippen LogP contribution >= 0.6 is 0 Å². The first-order valence-corrected chi connectivity index (χ1v) is 7.09. The molecule has 0 amide bonds. The van der Waals surface area contributed by atoms with Gasteiger partial charge in [0.25, 0.3) is 0 Å². The van der Waals surface area contributed by atoms with Crippen LogP contribution < -0.4 is 0 Å². The standard InChI is InChI=1S/C12H22O.6CO.2Co/c1-2-3-4-5-8-11-9-6-7-10-12(11)13;6*1-2;;/h11H,2-10H2,1H3;;;;;;;;. The van der Waals surface area contributed by atoms with Gasteiger partial charge >= 0.3 is 67.8 Å². The third kappa shape index (κ3) is 51.7. The smallest absolute Gasteiger partial charge is 0 e. The van der Waals surface area contributed by atoms with Crippen LogP contribution in [-0.4, -0.2) is 5.78 Å². The maximum atomic E-state index is 11.5. The van der Waals surface area contributed by atoms with E-state index in [0.717, 1.165) is 12.8 Å². The second-order valence-corrected chi connectivity index (χ2v) is 4.26. The minimum Gasteiger partial charge on any atom is 0 e. The van der Waals surface area contributed by atoms with Gasteiger partial charge in [0.2, 0.25) is 0 Å². The zero-order valence-electron chi connectivity index (χ0n) is 15.0. The van der Waals surface area contributed by atoms with Crippen molar-refractivity contribution in [3.8, 4) is 0 Å². The fourth-order valence-corrected chi connectivity index (χ4v) is 2.18. The number of carbonyl (C=O) groups excluding carboxylic acids is 1. The Kier molecular flexibility index (Phi) is 136. The van der Waals surface area contributed by atoms with Crippen molar-refractivity contribution in [3.63, 3.8) is 0 Å². The van der Waals surface area contributed by atoms with E-state index >= 15 is 0 Å². The summed E-state index contributed by atoms with van der Waals surface area (Å²) in [5.74, 6) is 0.980. The van der Waals surface area contributed by atoms with Crippen molar-refractivity contribution in [2.75, 3.05) is 0 Å². The van der Waals surface area contributed by atoms with E-state index in [9.17, 15) is 4.79 Å². The van der Waals surface area contributed by atoms with Crippen LogP contribution in [0.5, 0.6) is 0 Å². The van der Waals surface area contributed by atoms with Crippen LogP contribution in [-0.2, 0) is 66.3 Å². The van der Waals surface area contributed by atoms with Crippen LogP contribution in [0.1, 0.15) is 64.7 Å². The van der Waals surface area contributed by atoms with Crippen molar-refractivity contribution >= 4 is 5.78 Å². The van der Waals surface area contributed by atoms with Gasteiger partial charge in [0.05, 0.1) is 0 Å². The van der Waals surface area contributed by atoms with E-state index in [2.05, 4.69) is 46.8 Å². The Morgan fingerprint density at radius 3 is 1.48 bits per heavy atom. The molecule has 2 radical (unpaired) electrons. The van der Waals surface area contributed by atoms with Gasteiger partial charge in [-0.2, -0.15) is 0 Å². The molecule has 27 heavy (non-hydrogen) atoms. The summed E-state index contributed by atoms with van der Waals surface area (Å²) in [4.78, 5) is 11.5. The minimum absolute atomic E-state index is 0. The monoisotopic (exact) mass is 468 g/mol. The molecule has 0 spiro atoms. The third-order valence-electron chi connectivity index (χ3n) is 3.09. The first-order chi connectivity index (χ1) is 12.3. The van der Waals surface area contributed by atoms with Crippen molar-refractivity contribution < 1.29 is 66.3 Å². The zero-order valence-corrected chi connectivity index (χ0v) is 17.0. The van der Waals surface area contributed by atoms with Crippen molar-refractivity contribution in [2.24, 2.45) is 5.92 Å². The Hall–Kier alpha value is -0.877. The summed E-state index contributed by atoms with van der Waals surface area (Å²) in [6.07, 6.45) is 10.8. The molecule has 154 valence electrons. The first-order valence-electron chi connectivity index (χ1n) is 7.09. The van der Waals surface area contributed by atoms with Gasteiger partial charge in [0, 0.05) is 45.9 Å². The Morgan fingerprint density at radius 1 is 0.741 bits per heavy atom. The van der Waals surface area contributed by atoms with Gasteiger partial charge in [0.15, 0.2) is 0 Å². The number of ketones is 1. The summed E-state index contributed by atoms with van der Waals surface area (Å²) in [5.41, 5.74) is 0. The van der Waals surface area contributed by atoms with Gasteiger partial charge in [-0.05, 0) is 19.3 Å². The van der Waals surface area contributed by atoms with E-state index in [1.54, 1.807) is 0 Å². The normalized spacial score (nSPS) is 11.7. The van der Waals surface area contributed by atoms with Gasteiger partial charge in [-0.25, -0.2) is 0 Å². The van der Waals surface area contributed by atoms with E-state index in [1.165, 1.54) is 44.9 Å². The molecule has 0 aromatic carbocycles. The van der Waals surface area contributed by atoms with E-state index in [4.69, 9.17) is 27.9 Å². The molecule has 1 rings (SSSR count). The molecule has 1 aliphatic carbocycles. The fraction of sp³-hybridized carbons (Fsp3) is 0.611. The van der Waals surface area contributed by atoms with Gasteiger partial charge in [-0.3, -0.25) is 4.79 Å². The maximum Gasteiger partial charge on any atom is 0 e. The Labute approximate surface area is 182 Å². The number of rotatable bonds is 5. The van der Waals surface area contributed by atoms with E-state index in [0.29, 0.717) is 11.7 Å². The summed E-state index contributed by atoms with van der Waals surface area (Å²) >= 11 is 0. The SMILES string of the molecule is CCCCCCC1CCCCC1=O.[C-]#[O+].[C-]#[O+].[C-]#[O+].[C-]#[O+].[C-]#[O+].[C-]#[O+].[Co].[Co]. The van der Waals surface area contributed by atoms with Crippen molar-refractivity contribution in [3.05, 3.63) is 39.9 Å². The molecule has 0 saturated heterocycles. The minimum atomic E-state index is 0. The molecule has 0 N–H and O–H groups in total. The molecule has 0 bridgehead atoms. The average molecular weight is 468 g/mol. The van der Waals surface area contributed by atoms with Gasteiger partial charge < -0.3 is 0 Å². The van der Waals surface area contributed by atoms with Crippen LogP contribution in [0.3, 0.4) is 0 Å². The Morgan fingerprint density at radius 2 is 1.15 bits per heavy atom. The maximum absolute atomic E-state index is 11.5. The molecule has 9 heteroatoms. The van der Waals surface area contributed by atoms with Crippen molar-refractivity contribution in [1.29, 1.82) is 0 Å². The fourth-order valence-electron chi connectivity index (χ4n) is 2.18. The average Bonchev–Trinajstić information content (AvgIpc) is 2.75. The molecular weight excluding hydrogens is 446 g/mol. The third-order valence-corrected chi connectivity index (χ3v) is 3.09. The number of Topliss-reactive ketones (excluding diaryl/α,β-unsaturated/α-hetero) is 1. The predicted octanol–water partition coefficient (Wildman–Crippen LogP) is 3.49. The van der Waals surface area contributed by atoms with Gasteiger partial charge in [0.1, 0.15) is 5.78 Å². The molecular formula is C18H22Co2O7. The summed E-state index contributed by atoms with van der Waals surface area (Å²) in [6, 6.07) is 0. The number of hydrogen-bond donors (Lipinski definition) is 0. The van der Waals surface area contributed by atoms with Crippen molar-refractivity contribution in [2.45, 2.75) is 64.7 Å². The van der Waals surface area contributed by atoms with Crippen LogP contribution in [0.2, 0.25) is 0 Å². The Balaban J connectivity index is -0.0000000370. The summed E-state index contributed by atoms with van der Waals surface area (Å²) in [6.45, 7) is 29.2. The predicted molar refractivity (Wildman–Crippen MR) is 79.3 cm³/mol. The number of carbonyl (C=O) groups is 1. The first kappa shape index (κ1) is 50.2. The molecule has 0 aliphatic heterocycles. The molecule has 1 fully saturated rings. The van der Waals surface area contributed by atoms with Crippen LogP contribution in [0.4, 0.5) is 0 Å². The van der Waals surface area contributed by atoms with Gasteiger partial charge in [-0.15, -0.1) is 0 Å². The second-order valence-electron chi connectivity index (χ2n) is 4.26.